The van der Waals surface area contributed by atoms with E-state index in [1.807, 2.05) is 16.6 Å². The normalized spacial score (nSPS) is 17.6. The molecular weight excluding hydrogens is 376 g/mol. The number of hydrogen-bond acceptors (Lipinski definition) is 5. The Labute approximate surface area is 176 Å². The van der Waals surface area contributed by atoms with Crippen LogP contribution in [-0.2, 0) is 17.8 Å². The molecule has 1 saturated heterocycles. The summed E-state index contributed by atoms with van der Waals surface area (Å²) in [5.74, 6) is 2.50. The first-order valence-corrected chi connectivity index (χ1v) is 10.9. The van der Waals surface area contributed by atoms with Gasteiger partial charge in [-0.15, -0.1) is 15.3 Å². The number of nitrogens with zero attached hydrogens (tertiary/aromatic N) is 6. The van der Waals surface area contributed by atoms with Gasteiger partial charge in [-0.3, -0.25) is 4.79 Å². The van der Waals surface area contributed by atoms with Crippen molar-refractivity contribution in [1.82, 2.24) is 24.7 Å². The average Bonchev–Trinajstić information content (AvgIpc) is 3.22. The smallest absolute Gasteiger partial charge is 0.226 e. The lowest BCUT2D eigenvalue weighted by Gasteiger charge is -2.36. The van der Waals surface area contributed by atoms with Gasteiger partial charge in [0.2, 0.25) is 5.91 Å². The van der Waals surface area contributed by atoms with Gasteiger partial charge in [-0.2, -0.15) is 4.52 Å². The molecular formula is C23H28N6O. The van der Waals surface area contributed by atoms with E-state index in [0.29, 0.717) is 5.91 Å². The molecule has 2 aliphatic rings. The zero-order valence-electron chi connectivity index (χ0n) is 17.7. The number of carbonyl (C=O) groups is 1. The van der Waals surface area contributed by atoms with E-state index < -0.39 is 0 Å². The molecule has 1 fully saturated rings. The van der Waals surface area contributed by atoms with Crippen LogP contribution in [-0.4, -0.2) is 50.3 Å². The number of carbonyl (C=O) groups excluding carboxylic acids is 1. The summed E-state index contributed by atoms with van der Waals surface area (Å²) in [6, 6.07) is 12.5. The topological polar surface area (TPSA) is 66.6 Å². The van der Waals surface area contributed by atoms with Crippen molar-refractivity contribution in [3.63, 3.8) is 0 Å². The van der Waals surface area contributed by atoms with Gasteiger partial charge in [0.25, 0.3) is 0 Å². The number of hydrogen-bond donors (Lipinski definition) is 0. The molecule has 7 nitrogen and oxygen atoms in total. The molecule has 5 rings (SSSR count). The number of piperidine rings is 1. The Morgan fingerprint density at radius 1 is 1.00 bits per heavy atom. The molecule has 0 N–H and O–H groups in total. The maximum absolute atomic E-state index is 13.1. The minimum atomic E-state index is 0.108. The van der Waals surface area contributed by atoms with Crippen molar-refractivity contribution < 1.29 is 4.79 Å². The van der Waals surface area contributed by atoms with E-state index in [2.05, 4.69) is 58.1 Å². The monoisotopic (exact) mass is 404 g/mol. The summed E-state index contributed by atoms with van der Waals surface area (Å²) in [4.78, 5) is 17.5. The Morgan fingerprint density at radius 2 is 1.77 bits per heavy atom. The lowest BCUT2D eigenvalue weighted by Crippen LogP contribution is -2.44. The molecule has 0 bridgehead atoms. The summed E-state index contributed by atoms with van der Waals surface area (Å²) in [5, 5.41) is 13.3. The molecule has 0 saturated carbocycles. The lowest BCUT2D eigenvalue weighted by molar-refractivity contribution is -0.137. The van der Waals surface area contributed by atoms with E-state index in [4.69, 9.17) is 5.10 Å². The van der Waals surface area contributed by atoms with E-state index in [1.165, 1.54) is 11.1 Å². The van der Waals surface area contributed by atoms with Crippen LogP contribution in [0.25, 0.3) is 5.65 Å². The maximum atomic E-state index is 13.1. The highest BCUT2D eigenvalue weighted by atomic mass is 16.2. The highest BCUT2D eigenvalue weighted by Crippen LogP contribution is 2.27. The summed E-state index contributed by atoms with van der Waals surface area (Å²) in [6.45, 7) is 7.47. The van der Waals surface area contributed by atoms with Crippen LogP contribution in [0.3, 0.4) is 0 Å². The van der Waals surface area contributed by atoms with Crippen molar-refractivity contribution in [3.05, 3.63) is 53.3 Å². The zero-order valence-corrected chi connectivity index (χ0v) is 17.7. The Kier molecular flexibility index (Phi) is 4.89. The van der Waals surface area contributed by atoms with Crippen LogP contribution < -0.4 is 4.90 Å². The van der Waals surface area contributed by atoms with E-state index in [9.17, 15) is 4.79 Å². The Hall–Kier alpha value is -2.96. The van der Waals surface area contributed by atoms with Crippen molar-refractivity contribution in [2.45, 2.75) is 45.6 Å². The van der Waals surface area contributed by atoms with Crippen LogP contribution in [0.1, 0.15) is 49.6 Å². The molecule has 0 aliphatic carbocycles. The van der Waals surface area contributed by atoms with Gasteiger partial charge in [-0.05, 0) is 42.5 Å². The Morgan fingerprint density at radius 3 is 2.53 bits per heavy atom. The molecule has 2 aromatic heterocycles. The van der Waals surface area contributed by atoms with Crippen LogP contribution in [0.15, 0.2) is 36.4 Å². The summed E-state index contributed by atoms with van der Waals surface area (Å²) in [7, 11) is 0. The Bertz CT molecular complexity index is 1070. The minimum absolute atomic E-state index is 0.108. The fraction of sp³-hybridized carbons (Fsp3) is 0.478. The van der Waals surface area contributed by atoms with Gasteiger partial charge >= 0.3 is 0 Å². The fourth-order valence-corrected chi connectivity index (χ4v) is 4.62. The quantitative estimate of drug-likeness (QED) is 0.671. The largest absolute Gasteiger partial charge is 0.355 e. The van der Waals surface area contributed by atoms with Gasteiger partial charge < -0.3 is 9.80 Å². The fourth-order valence-electron chi connectivity index (χ4n) is 4.62. The molecule has 0 atom stereocenters. The van der Waals surface area contributed by atoms with Crippen LogP contribution in [0, 0.1) is 5.92 Å². The molecule has 30 heavy (non-hydrogen) atoms. The van der Waals surface area contributed by atoms with E-state index in [-0.39, 0.29) is 11.8 Å². The molecule has 3 aromatic rings. The van der Waals surface area contributed by atoms with Crippen molar-refractivity contribution in [3.8, 4) is 0 Å². The van der Waals surface area contributed by atoms with Crippen molar-refractivity contribution in [2.24, 2.45) is 5.92 Å². The number of amides is 1. The van der Waals surface area contributed by atoms with E-state index in [0.717, 1.165) is 62.7 Å². The number of anilines is 1. The van der Waals surface area contributed by atoms with E-state index >= 15 is 0 Å². The van der Waals surface area contributed by atoms with Crippen LogP contribution >= 0.6 is 0 Å². The summed E-state index contributed by atoms with van der Waals surface area (Å²) < 4.78 is 1.85. The minimum Gasteiger partial charge on any atom is -0.355 e. The molecule has 156 valence electrons. The van der Waals surface area contributed by atoms with Gasteiger partial charge in [0.05, 0.1) is 0 Å². The predicted octanol–water partition coefficient (Wildman–Crippen LogP) is 3.05. The molecule has 1 aromatic carbocycles. The van der Waals surface area contributed by atoms with Gasteiger partial charge in [0.1, 0.15) is 5.82 Å². The van der Waals surface area contributed by atoms with Gasteiger partial charge in [0, 0.05) is 38.0 Å². The Balaban J connectivity index is 1.25. The SMILES string of the molecule is CC(C)c1nnc2ccc(N3CCC(C(=O)N4CCc5ccccc5C4)CC3)nn12. The molecule has 1 amide bonds. The number of aromatic nitrogens is 4. The van der Waals surface area contributed by atoms with Gasteiger partial charge in [-0.1, -0.05) is 38.1 Å². The predicted molar refractivity (Wildman–Crippen MR) is 115 cm³/mol. The van der Waals surface area contributed by atoms with Gasteiger partial charge in [-0.25, -0.2) is 0 Å². The summed E-state index contributed by atoms with van der Waals surface area (Å²) in [6.07, 6.45) is 2.70. The highest BCUT2D eigenvalue weighted by Gasteiger charge is 2.30. The average molecular weight is 405 g/mol. The third kappa shape index (κ3) is 3.42. The van der Waals surface area contributed by atoms with Crippen LogP contribution in [0.2, 0.25) is 0 Å². The summed E-state index contributed by atoms with van der Waals surface area (Å²) >= 11 is 0. The molecule has 0 radical (unpaired) electrons. The molecule has 2 aliphatic heterocycles. The first-order chi connectivity index (χ1) is 14.6. The molecule has 0 spiro atoms. The summed E-state index contributed by atoms with van der Waals surface area (Å²) in [5.41, 5.74) is 3.45. The first kappa shape index (κ1) is 19.0. The first-order valence-electron chi connectivity index (χ1n) is 10.9. The maximum Gasteiger partial charge on any atom is 0.226 e. The second-order valence-electron chi connectivity index (χ2n) is 8.71. The highest BCUT2D eigenvalue weighted by molar-refractivity contribution is 5.79. The second kappa shape index (κ2) is 7.70. The molecule has 0 unspecified atom stereocenters. The number of benzene rings is 1. The van der Waals surface area contributed by atoms with Crippen molar-refractivity contribution >= 4 is 17.4 Å². The number of fused-ring (bicyclic) bond motifs is 2. The second-order valence-corrected chi connectivity index (χ2v) is 8.71. The van der Waals surface area contributed by atoms with Crippen molar-refractivity contribution in [1.29, 1.82) is 0 Å². The zero-order chi connectivity index (χ0) is 20.7. The van der Waals surface area contributed by atoms with Crippen molar-refractivity contribution in [2.75, 3.05) is 24.5 Å². The third-order valence-electron chi connectivity index (χ3n) is 6.40. The molecule has 7 heteroatoms. The number of rotatable bonds is 3. The van der Waals surface area contributed by atoms with E-state index in [1.54, 1.807) is 0 Å². The standard InChI is InChI=1S/C23H28N6O/c1-16(2)22-25-24-20-7-8-21(26-29(20)22)27-12-10-18(11-13-27)23(30)28-14-9-17-5-3-4-6-19(17)15-28/h3-8,16,18H,9-15H2,1-2H3. The third-order valence-corrected chi connectivity index (χ3v) is 6.40. The molecule has 4 heterocycles. The van der Waals surface area contributed by atoms with Crippen LogP contribution in [0.5, 0.6) is 0 Å². The van der Waals surface area contributed by atoms with Gasteiger partial charge in [0.15, 0.2) is 11.5 Å². The lowest BCUT2D eigenvalue weighted by atomic mass is 9.93. The van der Waals surface area contributed by atoms with Crippen LogP contribution in [0.4, 0.5) is 5.82 Å².